The van der Waals surface area contributed by atoms with Gasteiger partial charge >= 0.3 is 0 Å². The van der Waals surface area contributed by atoms with Crippen molar-refractivity contribution < 1.29 is 0 Å². The molecule has 4 rings (SSSR count). The number of halogens is 1. The van der Waals surface area contributed by atoms with Gasteiger partial charge in [0, 0.05) is 5.92 Å². The molecule has 0 bridgehead atoms. The van der Waals surface area contributed by atoms with Gasteiger partial charge in [-0.15, -0.1) is 12.4 Å². The molecular weight excluding hydrogens is 266 g/mol. The topological polar surface area (TPSA) is 12.0 Å². The Morgan fingerprint density at radius 2 is 1.55 bits per heavy atom. The predicted molar refractivity (Wildman–Crippen MR) is 85.7 cm³/mol. The lowest BCUT2D eigenvalue weighted by Crippen LogP contribution is -2.35. The minimum Gasteiger partial charge on any atom is -0.316 e. The van der Waals surface area contributed by atoms with Crippen LogP contribution in [0.1, 0.15) is 34.9 Å². The summed E-state index contributed by atoms with van der Waals surface area (Å²) in [6, 6.07) is 20.1. The molecule has 1 heterocycles. The third-order valence-corrected chi connectivity index (χ3v) is 4.85. The molecule has 1 aliphatic carbocycles. The van der Waals surface area contributed by atoms with Crippen molar-refractivity contribution in [2.75, 3.05) is 13.1 Å². The summed E-state index contributed by atoms with van der Waals surface area (Å²) in [6.45, 7) is 2.32. The van der Waals surface area contributed by atoms with E-state index < -0.39 is 0 Å². The maximum atomic E-state index is 3.59. The van der Waals surface area contributed by atoms with Crippen molar-refractivity contribution in [1.82, 2.24) is 5.32 Å². The van der Waals surface area contributed by atoms with Crippen LogP contribution in [0, 0.1) is 5.92 Å². The van der Waals surface area contributed by atoms with Gasteiger partial charge in [-0.1, -0.05) is 54.6 Å². The highest BCUT2D eigenvalue weighted by molar-refractivity contribution is 5.85. The van der Waals surface area contributed by atoms with E-state index in [4.69, 9.17) is 0 Å². The van der Waals surface area contributed by atoms with E-state index in [0.29, 0.717) is 5.92 Å². The zero-order chi connectivity index (χ0) is 12.7. The molecular formula is C18H20ClN. The van der Waals surface area contributed by atoms with Gasteiger partial charge in [-0.05, 0) is 48.0 Å². The number of hydrogen-bond acceptors (Lipinski definition) is 1. The number of piperidine rings is 1. The molecule has 2 aliphatic rings. The molecule has 2 aromatic carbocycles. The number of nitrogens with one attached hydrogen (secondary N) is 1. The largest absolute Gasteiger partial charge is 0.316 e. The fraction of sp³-hybridized carbons (Fsp3) is 0.333. The van der Waals surface area contributed by atoms with Crippen LogP contribution in [0.3, 0.4) is 0 Å². The zero-order valence-electron chi connectivity index (χ0n) is 11.5. The van der Waals surface area contributed by atoms with Crippen molar-refractivity contribution in [3.8, 4) is 0 Å². The Balaban J connectivity index is 0.00000121. The highest BCUT2D eigenvalue weighted by Gasteiger charge is 2.41. The van der Waals surface area contributed by atoms with Crippen LogP contribution in [-0.4, -0.2) is 13.1 Å². The molecule has 0 amide bonds. The molecule has 0 saturated carbocycles. The summed E-state index contributed by atoms with van der Waals surface area (Å²) in [5, 5.41) is 3.59. The Bertz CT molecular complexity index is 581. The van der Waals surface area contributed by atoms with Crippen molar-refractivity contribution in [3.63, 3.8) is 0 Å². The normalized spacial score (nSPS) is 27.3. The molecule has 1 fully saturated rings. The first-order valence-corrected chi connectivity index (χ1v) is 7.29. The quantitative estimate of drug-likeness (QED) is 0.837. The summed E-state index contributed by atoms with van der Waals surface area (Å²) in [5.74, 6) is 2.06. The lowest BCUT2D eigenvalue weighted by Gasteiger charge is -2.30. The molecule has 2 aromatic rings. The Morgan fingerprint density at radius 3 is 2.35 bits per heavy atom. The van der Waals surface area contributed by atoms with E-state index >= 15 is 0 Å². The van der Waals surface area contributed by atoms with Crippen molar-refractivity contribution >= 4 is 12.4 Å². The minimum atomic E-state index is 0. The van der Waals surface area contributed by atoms with Gasteiger partial charge in [0.1, 0.15) is 0 Å². The molecule has 1 nitrogen and oxygen atoms in total. The fourth-order valence-electron chi connectivity index (χ4n) is 4.07. The van der Waals surface area contributed by atoms with E-state index in [0.717, 1.165) is 24.9 Å². The van der Waals surface area contributed by atoms with E-state index in [-0.39, 0.29) is 12.4 Å². The summed E-state index contributed by atoms with van der Waals surface area (Å²) in [6.07, 6.45) is 1.28. The molecule has 0 spiro atoms. The molecule has 2 heteroatoms. The van der Waals surface area contributed by atoms with E-state index in [9.17, 15) is 0 Å². The Hall–Kier alpha value is -1.31. The van der Waals surface area contributed by atoms with E-state index in [1.807, 2.05) is 0 Å². The third-order valence-electron chi connectivity index (χ3n) is 4.85. The molecule has 1 aliphatic heterocycles. The monoisotopic (exact) mass is 285 g/mol. The Morgan fingerprint density at radius 1 is 0.850 bits per heavy atom. The number of hydrogen-bond donors (Lipinski definition) is 1. The van der Waals surface area contributed by atoms with E-state index in [1.165, 1.54) is 12.0 Å². The summed E-state index contributed by atoms with van der Waals surface area (Å²) < 4.78 is 0. The lowest BCUT2D eigenvalue weighted by atomic mass is 9.79. The van der Waals surface area contributed by atoms with Crippen LogP contribution in [0.25, 0.3) is 0 Å². The van der Waals surface area contributed by atoms with Gasteiger partial charge in [0.25, 0.3) is 0 Å². The van der Waals surface area contributed by atoms with Gasteiger partial charge in [0.15, 0.2) is 0 Å². The standard InChI is InChI=1S/C18H19N.ClH/c1-2-6-13(7-3-1)18-16-9-5-4-8-14(16)15-10-11-19-12-17(15)18;/h1-9,15,17-19H,10-12H2;1H/t15-,17-,18-;/m0./s1. The smallest absolute Gasteiger partial charge is 0.0138 e. The van der Waals surface area contributed by atoms with Gasteiger partial charge in [0.05, 0.1) is 0 Å². The molecule has 0 unspecified atom stereocenters. The van der Waals surface area contributed by atoms with Crippen molar-refractivity contribution in [3.05, 3.63) is 71.3 Å². The SMILES string of the molecule is Cl.c1ccc([C@H]2c3ccccc3[C@@H]3CCNC[C@H]23)cc1. The Labute approximate surface area is 126 Å². The average molecular weight is 286 g/mol. The molecule has 3 atom stereocenters. The zero-order valence-corrected chi connectivity index (χ0v) is 12.3. The highest BCUT2D eigenvalue weighted by Crippen LogP contribution is 2.51. The van der Waals surface area contributed by atoms with Gasteiger partial charge in [-0.3, -0.25) is 0 Å². The van der Waals surface area contributed by atoms with Crippen LogP contribution < -0.4 is 5.32 Å². The first kappa shape index (κ1) is 13.7. The molecule has 20 heavy (non-hydrogen) atoms. The molecule has 1 N–H and O–H groups in total. The second-order valence-electron chi connectivity index (χ2n) is 5.78. The number of rotatable bonds is 1. The number of fused-ring (bicyclic) bond motifs is 3. The maximum Gasteiger partial charge on any atom is 0.0138 e. The summed E-state index contributed by atoms with van der Waals surface area (Å²) in [7, 11) is 0. The van der Waals surface area contributed by atoms with Crippen molar-refractivity contribution in [2.24, 2.45) is 5.92 Å². The highest BCUT2D eigenvalue weighted by atomic mass is 35.5. The first-order valence-electron chi connectivity index (χ1n) is 7.29. The third kappa shape index (κ3) is 2.06. The van der Waals surface area contributed by atoms with Gasteiger partial charge in [-0.2, -0.15) is 0 Å². The van der Waals surface area contributed by atoms with Gasteiger partial charge in [0.2, 0.25) is 0 Å². The Kier molecular flexibility index (Phi) is 3.82. The first-order chi connectivity index (χ1) is 9.45. The summed E-state index contributed by atoms with van der Waals surface area (Å²) in [5.41, 5.74) is 4.64. The minimum absolute atomic E-state index is 0. The van der Waals surface area contributed by atoms with Crippen LogP contribution >= 0.6 is 12.4 Å². The fourth-order valence-corrected chi connectivity index (χ4v) is 4.07. The van der Waals surface area contributed by atoms with E-state index in [1.54, 1.807) is 11.1 Å². The molecule has 104 valence electrons. The lowest BCUT2D eigenvalue weighted by molar-refractivity contribution is 0.327. The van der Waals surface area contributed by atoms with E-state index in [2.05, 4.69) is 59.9 Å². The van der Waals surface area contributed by atoms with Crippen LogP contribution in [0.15, 0.2) is 54.6 Å². The predicted octanol–water partition coefficient (Wildman–Crippen LogP) is 3.95. The second kappa shape index (κ2) is 5.59. The van der Waals surface area contributed by atoms with Gasteiger partial charge < -0.3 is 5.32 Å². The van der Waals surface area contributed by atoms with Crippen LogP contribution in [0.4, 0.5) is 0 Å². The molecule has 1 saturated heterocycles. The maximum absolute atomic E-state index is 3.59. The average Bonchev–Trinajstić information content (AvgIpc) is 2.83. The second-order valence-corrected chi connectivity index (χ2v) is 5.78. The van der Waals surface area contributed by atoms with Crippen molar-refractivity contribution in [1.29, 1.82) is 0 Å². The van der Waals surface area contributed by atoms with Gasteiger partial charge in [-0.25, -0.2) is 0 Å². The number of benzene rings is 2. The van der Waals surface area contributed by atoms with Crippen LogP contribution in [-0.2, 0) is 0 Å². The molecule has 0 radical (unpaired) electrons. The van der Waals surface area contributed by atoms with Crippen LogP contribution in [0.2, 0.25) is 0 Å². The van der Waals surface area contributed by atoms with Crippen LogP contribution in [0.5, 0.6) is 0 Å². The summed E-state index contributed by atoms with van der Waals surface area (Å²) in [4.78, 5) is 0. The summed E-state index contributed by atoms with van der Waals surface area (Å²) >= 11 is 0. The molecule has 0 aromatic heterocycles. The van der Waals surface area contributed by atoms with Crippen molar-refractivity contribution in [2.45, 2.75) is 18.3 Å².